The van der Waals surface area contributed by atoms with Crippen molar-refractivity contribution < 1.29 is 13.5 Å². The van der Waals surface area contributed by atoms with Gasteiger partial charge >= 0.3 is 0 Å². The zero-order valence-electron chi connectivity index (χ0n) is 10.6. The Balaban J connectivity index is 2.03. The molecule has 0 radical (unpaired) electrons. The number of benzene rings is 1. The monoisotopic (exact) mass is 255 g/mol. The van der Waals surface area contributed by atoms with Gasteiger partial charge in [0.25, 0.3) is 5.92 Å². The molecule has 1 aromatic rings. The Labute approximate surface area is 106 Å². The van der Waals surface area contributed by atoms with Crippen LogP contribution in [0.1, 0.15) is 24.8 Å². The second-order valence-electron chi connectivity index (χ2n) is 4.85. The van der Waals surface area contributed by atoms with E-state index in [-0.39, 0.29) is 17.9 Å². The summed E-state index contributed by atoms with van der Waals surface area (Å²) >= 11 is 0. The molecule has 100 valence electrons. The van der Waals surface area contributed by atoms with Gasteiger partial charge in [-0.05, 0) is 56.1 Å². The van der Waals surface area contributed by atoms with Gasteiger partial charge in [0.15, 0.2) is 0 Å². The summed E-state index contributed by atoms with van der Waals surface area (Å²) in [7, 11) is 1.53. The predicted molar refractivity (Wildman–Crippen MR) is 67.1 cm³/mol. The Morgan fingerprint density at radius 2 is 2.06 bits per heavy atom. The smallest absolute Gasteiger partial charge is 0.273 e. The van der Waals surface area contributed by atoms with Crippen molar-refractivity contribution >= 4 is 0 Å². The number of hydrogen-bond donors (Lipinski definition) is 1. The molecule has 1 saturated heterocycles. The third-order valence-corrected chi connectivity index (χ3v) is 3.46. The minimum atomic E-state index is -2.75. The lowest BCUT2D eigenvalue weighted by Gasteiger charge is -2.27. The molecule has 0 aliphatic carbocycles. The van der Waals surface area contributed by atoms with E-state index in [1.165, 1.54) is 19.2 Å². The lowest BCUT2D eigenvalue weighted by Crippen LogP contribution is -2.33. The van der Waals surface area contributed by atoms with E-state index in [2.05, 4.69) is 5.32 Å². The molecule has 18 heavy (non-hydrogen) atoms. The largest absolute Gasteiger partial charge is 0.497 e. The van der Waals surface area contributed by atoms with Gasteiger partial charge in [-0.2, -0.15) is 0 Å². The highest BCUT2D eigenvalue weighted by Gasteiger charge is 2.35. The Bertz CT molecular complexity index is 372. The molecule has 1 heterocycles. The van der Waals surface area contributed by atoms with Crippen molar-refractivity contribution in [2.24, 2.45) is 5.92 Å². The van der Waals surface area contributed by atoms with Gasteiger partial charge in [0.05, 0.1) is 7.11 Å². The summed E-state index contributed by atoms with van der Waals surface area (Å²) < 4.78 is 33.2. The molecule has 1 unspecified atom stereocenters. The summed E-state index contributed by atoms with van der Waals surface area (Å²) in [6.45, 7) is 1.65. The molecule has 0 spiro atoms. The Kier molecular flexibility index (Phi) is 4.17. The molecule has 2 rings (SSSR count). The topological polar surface area (TPSA) is 21.3 Å². The first-order chi connectivity index (χ1) is 8.62. The first kappa shape index (κ1) is 13.3. The van der Waals surface area contributed by atoms with Crippen molar-refractivity contribution in [3.05, 3.63) is 29.8 Å². The van der Waals surface area contributed by atoms with Crippen molar-refractivity contribution in [1.82, 2.24) is 5.32 Å². The molecule has 0 bridgehead atoms. The standard InChI is InChI=1S/C14H19F2NO/c1-18-13-6-4-12(5-7-13)14(15,16)9-11-3-2-8-17-10-11/h4-7,11,17H,2-3,8-10H2,1H3. The van der Waals surface area contributed by atoms with E-state index in [1.807, 2.05) is 0 Å². The fourth-order valence-corrected chi connectivity index (χ4v) is 2.41. The van der Waals surface area contributed by atoms with Crippen LogP contribution in [0.25, 0.3) is 0 Å². The lowest BCUT2D eigenvalue weighted by molar-refractivity contribution is -0.0317. The Morgan fingerprint density at radius 1 is 1.33 bits per heavy atom. The van der Waals surface area contributed by atoms with Gasteiger partial charge in [0.1, 0.15) is 5.75 Å². The maximum atomic E-state index is 14.1. The van der Waals surface area contributed by atoms with E-state index in [0.717, 1.165) is 19.4 Å². The van der Waals surface area contributed by atoms with E-state index in [1.54, 1.807) is 12.1 Å². The number of rotatable bonds is 4. The second-order valence-corrected chi connectivity index (χ2v) is 4.85. The van der Waals surface area contributed by atoms with E-state index >= 15 is 0 Å². The lowest BCUT2D eigenvalue weighted by atomic mass is 9.90. The first-order valence-electron chi connectivity index (χ1n) is 6.35. The minimum Gasteiger partial charge on any atom is -0.497 e. The molecule has 1 atom stereocenters. The van der Waals surface area contributed by atoms with Gasteiger partial charge < -0.3 is 10.1 Å². The third-order valence-electron chi connectivity index (χ3n) is 3.46. The van der Waals surface area contributed by atoms with Crippen LogP contribution in [0.2, 0.25) is 0 Å². The summed E-state index contributed by atoms with van der Waals surface area (Å²) in [5.41, 5.74) is 0.0777. The summed E-state index contributed by atoms with van der Waals surface area (Å²) in [6.07, 6.45) is 1.80. The van der Waals surface area contributed by atoms with E-state index in [0.29, 0.717) is 12.3 Å². The van der Waals surface area contributed by atoms with Crippen molar-refractivity contribution in [2.45, 2.75) is 25.2 Å². The highest BCUT2D eigenvalue weighted by atomic mass is 19.3. The summed E-state index contributed by atoms with van der Waals surface area (Å²) in [5.74, 6) is -2.08. The Morgan fingerprint density at radius 3 is 2.61 bits per heavy atom. The minimum absolute atomic E-state index is 0.0656. The van der Waals surface area contributed by atoms with Gasteiger partial charge in [-0.15, -0.1) is 0 Å². The predicted octanol–water partition coefficient (Wildman–Crippen LogP) is 3.18. The average molecular weight is 255 g/mol. The quantitative estimate of drug-likeness (QED) is 0.892. The number of halogens is 2. The maximum Gasteiger partial charge on any atom is 0.273 e. The van der Waals surface area contributed by atoms with Gasteiger partial charge in [0, 0.05) is 12.0 Å². The van der Waals surface area contributed by atoms with Crippen LogP contribution in [0.3, 0.4) is 0 Å². The van der Waals surface area contributed by atoms with Crippen LogP contribution in [0.15, 0.2) is 24.3 Å². The van der Waals surface area contributed by atoms with Crippen LogP contribution in [0.4, 0.5) is 8.78 Å². The summed E-state index contributed by atoms with van der Waals surface area (Å²) in [6, 6.07) is 6.08. The van der Waals surface area contributed by atoms with Crippen LogP contribution in [-0.2, 0) is 5.92 Å². The van der Waals surface area contributed by atoms with Crippen LogP contribution >= 0.6 is 0 Å². The number of nitrogens with one attached hydrogen (secondary N) is 1. The molecular weight excluding hydrogens is 236 g/mol. The van der Waals surface area contributed by atoms with Crippen LogP contribution in [0.5, 0.6) is 5.75 Å². The molecule has 2 nitrogen and oxygen atoms in total. The van der Waals surface area contributed by atoms with Gasteiger partial charge in [-0.1, -0.05) is 0 Å². The zero-order chi connectivity index (χ0) is 13.0. The van der Waals surface area contributed by atoms with E-state index in [9.17, 15) is 8.78 Å². The number of ether oxygens (including phenoxy) is 1. The van der Waals surface area contributed by atoms with Crippen LogP contribution in [-0.4, -0.2) is 20.2 Å². The highest BCUT2D eigenvalue weighted by molar-refractivity contribution is 5.29. The maximum absolute atomic E-state index is 14.1. The molecule has 1 aromatic carbocycles. The first-order valence-corrected chi connectivity index (χ1v) is 6.35. The summed E-state index contributed by atoms with van der Waals surface area (Å²) in [5, 5.41) is 3.17. The van der Waals surface area contributed by atoms with E-state index in [4.69, 9.17) is 4.74 Å². The number of piperidine rings is 1. The van der Waals surface area contributed by atoms with Gasteiger partial charge in [-0.25, -0.2) is 8.78 Å². The van der Waals surface area contributed by atoms with Crippen molar-refractivity contribution in [2.75, 3.05) is 20.2 Å². The molecular formula is C14H19F2NO. The van der Waals surface area contributed by atoms with E-state index < -0.39 is 5.92 Å². The summed E-state index contributed by atoms with van der Waals surface area (Å²) in [4.78, 5) is 0. The molecule has 1 N–H and O–H groups in total. The second kappa shape index (κ2) is 5.65. The molecule has 0 amide bonds. The zero-order valence-corrected chi connectivity index (χ0v) is 10.6. The van der Waals surface area contributed by atoms with Gasteiger partial charge in [0.2, 0.25) is 0 Å². The third kappa shape index (κ3) is 3.19. The number of methoxy groups -OCH3 is 1. The average Bonchev–Trinajstić information content (AvgIpc) is 2.39. The molecule has 1 fully saturated rings. The molecule has 4 heteroatoms. The van der Waals surface area contributed by atoms with Crippen molar-refractivity contribution in [3.63, 3.8) is 0 Å². The Hall–Kier alpha value is -1.16. The van der Waals surface area contributed by atoms with Crippen LogP contribution in [0, 0.1) is 5.92 Å². The molecule has 0 saturated carbocycles. The normalized spacial score (nSPS) is 20.7. The van der Waals surface area contributed by atoms with Crippen LogP contribution < -0.4 is 10.1 Å². The molecule has 1 aliphatic heterocycles. The fraction of sp³-hybridized carbons (Fsp3) is 0.571. The number of hydrogen-bond acceptors (Lipinski definition) is 2. The molecule has 0 aromatic heterocycles. The SMILES string of the molecule is COc1ccc(C(F)(F)CC2CCCNC2)cc1. The van der Waals surface area contributed by atoms with Crippen molar-refractivity contribution in [1.29, 1.82) is 0 Å². The number of alkyl halides is 2. The van der Waals surface area contributed by atoms with Crippen molar-refractivity contribution in [3.8, 4) is 5.75 Å². The highest BCUT2D eigenvalue weighted by Crippen LogP contribution is 2.36. The molecule has 1 aliphatic rings. The van der Waals surface area contributed by atoms with Gasteiger partial charge in [-0.3, -0.25) is 0 Å². The fourth-order valence-electron chi connectivity index (χ4n) is 2.41.